The summed E-state index contributed by atoms with van der Waals surface area (Å²) in [6.45, 7) is 0.221. The van der Waals surface area contributed by atoms with Crippen LogP contribution in [0.2, 0.25) is 0 Å². The number of aryl methyl sites for hydroxylation is 1. The van der Waals surface area contributed by atoms with E-state index in [1.807, 2.05) is 0 Å². The number of halogens is 3. The molecule has 0 saturated heterocycles. The van der Waals surface area contributed by atoms with Gasteiger partial charge >= 0.3 is 5.51 Å². The lowest BCUT2D eigenvalue weighted by Gasteiger charge is -2.06. The number of rotatable bonds is 7. The Morgan fingerprint density at radius 1 is 1.40 bits per heavy atom. The lowest BCUT2D eigenvalue weighted by Crippen LogP contribution is -2.26. The summed E-state index contributed by atoms with van der Waals surface area (Å²) in [6, 6.07) is 1.48. The van der Waals surface area contributed by atoms with Crippen molar-refractivity contribution in [2.45, 2.75) is 16.9 Å². The first-order valence-corrected chi connectivity index (χ1v) is 8.13. The average molecular weight is 331 g/mol. The van der Waals surface area contributed by atoms with Crippen LogP contribution < -0.4 is 10.0 Å². The van der Waals surface area contributed by atoms with E-state index in [2.05, 4.69) is 10.0 Å². The highest BCUT2D eigenvalue weighted by Crippen LogP contribution is 2.29. The number of hydrogen-bond donors (Lipinski definition) is 2. The smallest absolute Gasteiger partial charge is 0.352 e. The Labute approximate surface area is 120 Å². The number of thioether (sulfide) groups is 1. The van der Waals surface area contributed by atoms with E-state index >= 15 is 0 Å². The monoisotopic (exact) mass is 331 g/mol. The van der Waals surface area contributed by atoms with Gasteiger partial charge in [-0.1, -0.05) is 0 Å². The molecule has 0 amide bonds. The van der Waals surface area contributed by atoms with Crippen molar-refractivity contribution in [2.75, 3.05) is 19.3 Å². The fourth-order valence-corrected chi connectivity index (χ4v) is 3.20. The highest BCUT2D eigenvalue weighted by atomic mass is 32.2. The molecule has 20 heavy (non-hydrogen) atoms. The Morgan fingerprint density at radius 2 is 2.05 bits per heavy atom. The predicted molar refractivity (Wildman–Crippen MR) is 71.9 cm³/mol. The molecule has 0 bridgehead atoms. The van der Waals surface area contributed by atoms with Gasteiger partial charge < -0.3 is 9.88 Å². The summed E-state index contributed by atoms with van der Waals surface area (Å²) in [5.41, 5.74) is -3.59. The van der Waals surface area contributed by atoms with Crippen molar-refractivity contribution in [1.82, 2.24) is 14.6 Å². The van der Waals surface area contributed by atoms with E-state index in [0.29, 0.717) is 6.54 Å². The van der Waals surface area contributed by atoms with Crippen LogP contribution in [0.5, 0.6) is 0 Å². The molecule has 0 aliphatic heterocycles. The van der Waals surface area contributed by atoms with Crippen LogP contribution in [0.15, 0.2) is 17.2 Å². The lowest BCUT2D eigenvalue weighted by atomic mass is 10.4. The Bertz CT molecular complexity index is 540. The molecule has 0 aliphatic carbocycles. The van der Waals surface area contributed by atoms with Crippen molar-refractivity contribution in [3.05, 3.63) is 18.0 Å². The predicted octanol–water partition coefficient (Wildman–Crippen LogP) is 1.28. The molecule has 0 saturated carbocycles. The van der Waals surface area contributed by atoms with Gasteiger partial charge in [-0.15, -0.1) is 0 Å². The van der Waals surface area contributed by atoms with Gasteiger partial charge in [0.15, 0.2) is 0 Å². The maximum Gasteiger partial charge on any atom is 0.441 e. The van der Waals surface area contributed by atoms with Crippen molar-refractivity contribution in [3.63, 3.8) is 0 Å². The molecule has 0 fully saturated rings. The van der Waals surface area contributed by atoms with Crippen molar-refractivity contribution in [1.29, 1.82) is 0 Å². The van der Waals surface area contributed by atoms with Gasteiger partial charge in [-0.2, -0.15) is 13.2 Å². The minimum absolute atomic E-state index is 0.0438. The van der Waals surface area contributed by atoms with Crippen molar-refractivity contribution >= 4 is 21.8 Å². The van der Waals surface area contributed by atoms with E-state index in [4.69, 9.17) is 0 Å². The van der Waals surface area contributed by atoms with Gasteiger partial charge in [0.2, 0.25) is 10.0 Å². The molecule has 0 aliphatic rings. The molecule has 0 radical (unpaired) electrons. The number of alkyl halides is 3. The van der Waals surface area contributed by atoms with Crippen LogP contribution in [0.25, 0.3) is 0 Å². The standard InChI is InChI=1S/C10H16F3N3O2S2/c1-14-6-8-5-9(7-16(8)2)20(17,18)15-3-4-19-10(11,12)13/h5,7,14-15H,3-4,6H2,1-2H3. The van der Waals surface area contributed by atoms with Gasteiger partial charge in [0.1, 0.15) is 0 Å². The normalized spacial score (nSPS) is 12.8. The summed E-state index contributed by atoms with van der Waals surface area (Å²) >= 11 is -0.256. The zero-order valence-electron chi connectivity index (χ0n) is 11.0. The quantitative estimate of drug-likeness (QED) is 0.739. The average Bonchev–Trinajstić information content (AvgIpc) is 2.67. The third-order valence-corrected chi connectivity index (χ3v) is 4.57. The lowest BCUT2D eigenvalue weighted by molar-refractivity contribution is -0.0327. The molecule has 0 spiro atoms. The topological polar surface area (TPSA) is 63.1 Å². The second kappa shape index (κ2) is 6.83. The first kappa shape index (κ1) is 17.3. The summed E-state index contributed by atoms with van der Waals surface area (Å²) in [5.74, 6) is -0.362. The van der Waals surface area contributed by atoms with E-state index < -0.39 is 15.5 Å². The van der Waals surface area contributed by atoms with Gasteiger partial charge in [-0.3, -0.25) is 0 Å². The van der Waals surface area contributed by atoms with Gasteiger partial charge in [0, 0.05) is 37.8 Å². The molecule has 2 N–H and O–H groups in total. The maximum atomic E-state index is 11.9. The zero-order valence-corrected chi connectivity index (χ0v) is 12.6. The Hall–Kier alpha value is -0.710. The summed E-state index contributed by atoms with van der Waals surface area (Å²) in [6.07, 6.45) is 1.42. The fourth-order valence-electron chi connectivity index (χ4n) is 1.51. The van der Waals surface area contributed by atoms with Crippen LogP contribution in [0.3, 0.4) is 0 Å². The third-order valence-electron chi connectivity index (χ3n) is 2.41. The second-order valence-corrected chi connectivity index (χ2v) is 6.93. The molecule has 1 rings (SSSR count). The second-order valence-electron chi connectivity index (χ2n) is 4.00. The molecule has 0 unspecified atom stereocenters. The van der Waals surface area contributed by atoms with Gasteiger partial charge in [-0.25, -0.2) is 13.1 Å². The third kappa shape index (κ3) is 5.35. The Morgan fingerprint density at radius 3 is 2.60 bits per heavy atom. The van der Waals surface area contributed by atoms with Crippen molar-refractivity contribution < 1.29 is 21.6 Å². The van der Waals surface area contributed by atoms with Crippen LogP contribution >= 0.6 is 11.8 Å². The molecular formula is C10H16F3N3O2S2. The molecule has 0 atom stereocenters. The van der Waals surface area contributed by atoms with Crippen molar-refractivity contribution in [3.8, 4) is 0 Å². The van der Waals surface area contributed by atoms with Crippen LogP contribution in [0, 0.1) is 0 Å². The molecule has 10 heteroatoms. The van der Waals surface area contributed by atoms with E-state index in [-0.39, 0.29) is 29.0 Å². The molecule has 5 nitrogen and oxygen atoms in total. The summed E-state index contributed by atoms with van der Waals surface area (Å²) in [4.78, 5) is 0.0438. The summed E-state index contributed by atoms with van der Waals surface area (Å²) in [7, 11) is -0.348. The van der Waals surface area contributed by atoms with Gasteiger partial charge in [-0.05, 0) is 24.9 Å². The number of sulfonamides is 1. The Balaban J connectivity index is 2.62. The van der Waals surface area contributed by atoms with Crippen molar-refractivity contribution in [2.24, 2.45) is 7.05 Å². The van der Waals surface area contributed by atoms with Crippen LogP contribution in [-0.2, 0) is 23.6 Å². The number of nitrogens with zero attached hydrogens (tertiary/aromatic N) is 1. The fraction of sp³-hybridized carbons (Fsp3) is 0.600. The summed E-state index contributed by atoms with van der Waals surface area (Å²) in [5, 5.41) is 2.89. The molecule has 1 heterocycles. The zero-order chi connectivity index (χ0) is 15.4. The van der Waals surface area contributed by atoms with Gasteiger partial charge in [0.05, 0.1) is 4.90 Å². The summed E-state index contributed by atoms with van der Waals surface area (Å²) < 4.78 is 63.3. The molecule has 1 aromatic heterocycles. The molecule has 116 valence electrons. The minimum atomic E-state index is -4.35. The number of nitrogens with one attached hydrogen (secondary N) is 2. The molecule has 1 aromatic rings. The SMILES string of the molecule is CNCc1cc(S(=O)(=O)NCCSC(F)(F)F)cn1C. The first-order valence-electron chi connectivity index (χ1n) is 5.66. The number of aromatic nitrogens is 1. The van der Waals surface area contributed by atoms with Gasteiger partial charge in [0.25, 0.3) is 0 Å². The molecule has 0 aromatic carbocycles. The largest absolute Gasteiger partial charge is 0.441 e. The van der Waals surface area contributed by atoms with E-state index in [9.17, 15) is 21.6 Å². The van der Waals surface area contributed by atoms with Crippen LogP contribution in [0.1, 0.15) is 5.69 Å². The van der Waals surface area contributed by atoms with E-state index in [0.717, 1.165) is 5.69 Å². The Kier molecular flexibility index (Phi) is 5.92. The van der Waals surface area contributed by atoms with E-state index in [1.165, 1.54) is 12.3 Å². The highest BCUT2D eigenvalue weighted by Gasteiger charge is 2.27. The first-order chi connectivity index (χ1) is 9.15. The van der Waals surface area contributed by atoms with Crippen LogP contribution in [-0.4, -0.2) is 37.8 Å². The maximum absolute atomic E-state index is 11.9. The molecular weight excluding hydrogens is 315 g/mol. The minimum Gasteiger partial charge on any atom is -0.352 e. The van der Waals surface area contributed by atoms with E-state index in [1.54, 1.807) is 18.7 Å². The number of hydrogen-bond acceptors (Lipinski definition) is 4. The highest BCUT2D eigenvalue weighted by molar-refractivity contribution is 8.00. The van der Waals surface area contributed by atoms with Crippen LogP contribution in [0.4, 0.5) is 13.2 Å².